The Morgan fingerprint density at radius 3 is 2.94 bits per heavy atom. The second kappa shape index (κ2) is 3.86. The first-order chi connectivity index (χ1) is 7.75. The smallest absolute Gasteiger partial charge is 0.129 e. The van der Waals surface area contributed by atoms with Crippen LogP contribution in [0.15, 0.2) is 30.5 Å². The predicted molar refractivity (Wildman–Crippen MR) is 65.7 cm³/mol. The summed E-state index contributed by atoms with van der Waals surface area (Å²) in [6.45, 7) is 0. The zero-order chi connectivity index (χ0) is 11.1. The monoisotopic (exact) mass is 234 g/mol. The van der Waals surface area contributed by atoms with Crippen molar-refractivity contribution in [1.82, 2.24) is 9.88 Å². The van der Waals surface area contributed by atoms with Crippen molar-refractivity contribution in [1.29, 1.82) is 0 Å². The van der Waals surface area contributed by atoms with E-state index in [0.29, 0.717) is 23.2 Å². The van der Waals surface area contributed by atoms with Gasteiger partial charge in [-0.2, -0.15) is 0 Å². The first kappa shape index (κ1) is 10.3. The molecule has 3 rings (SSSR count). The lowest BCUT2D eigenvalue weighted by atomic mass is 9.90. The molecule has 1 fully saturated rings. The van der Waals surface area contributed by atoms with Crippen molar-refractivity contribution in [2.75, 3.05) is 7.05 Å². The molecule has 0 radical (unpaired) electrons. The first-order valence-corrected chi connectivity index (χ1v) is 6.15. The van der Waals surface area contributed by atoms with E-state index in [9.17, 15) is 0 Å². The van der Waals surface area contributed by atoms with Crippen molar-refractivity contribution < 1.29 is 0 Å². The van der Waals surface area contributed by atoms with Crippen LogP contribution in [0.4, 0.5) is 0 Å². The van der Waals surface area contributed by atoms with Gasteiger partial charge < -0.3 is 0 Å². The number of likely N-dealkylation sites (N-methyl/N-ethyl adjacent to an activating group) is 1. The minimum absolute atomic E-state index is 0.480. The third-order valence-electron chi connectivity index (χ3n) is 3.89. The third-order valence-corrected chi connectivity index (χ3v) is 4.12. The van der Waals surface area contributed by atoms with E-state index < -0.39 is 0 Å². The Kier molecular flexibility index (Phi) is 2.49. The quantitative estimate of drug-likeness (QED) is 0.549. The molecule has 0 aromatic carbocycles. The van der Waals surface area contributed by atoms with Gasteiger partial charge in [0.25, 0.3) is 0 Å². The van der Waals surface area contributed by atoms with E-state index in [-0.39, 0.29) is 0 Å². The zero-order valence-electron chi connectivity index (χ0n) is 9.31. The Balaban J connectivity index is 1.93. The van der Waals surface area contributed by atoms with Crippen LogP contribution in [0.5, 0.6) is 0 Å². The molecule has 16 heavy (non-hydrogen) atoms. The molecule has 3 unspecified atom stereocenters. The van der Waals surface area contributed by atoms with Crippen molar-refractivity contribution in [2.45, 2.75) is 30.8 Å². The standard InChI is InChI=1S/C13H15ClN2/c1-16-10-3-5-11(12(16)6-4-10)9-2-7-13(14)15-8-9/h2-3,5,7-8,10-12H,4,6H2,1H3. The minimum atomic E-state index is 0.480. The summed E-state index contributed by atoms with van der Waals surface area (Å²) in [7, 11) is 2.22. The fourth-order valence-corrected chi connectivity index (χ4v) is 3.07. The van der Waals surface area contributed by atoms with Crippen LogP contribution in [0, 0.1) is 0 Å². The number of hydrogen-bond donors (Lipinski definition) is 0. The van der Waals surface area contributed by atoms with Crippen LogP contribution in [0.2, 0.25) is 5.15 Å². The predicted octanol–water partition coefficient (Wildman–Crippen LogP) is 2.85. The molecule has 0 aliphatic carbocycles. The highest BCUT2D eigenvalue weighted by Gasteiger charge is 2.37. The van der Waals surface area contributed by atoms with Gasteiger partial charge in [0, 0.05) is 24.2 Å². The summed E-state index contributed by atoms with van der Waals surface area (Å²) < 4.78 is 0. The largest absolute Gasteiger partial charge is 0.296 e. The van der Waals surface area contributed by atoms with Crippen molar-refractivity contribution in [3.63, 3.8) is 0 Å². The van der Waals surface area contributed by atoms with Gasteiger partial charge in [-0.1, -0.05) is 29.8 Å². The molecule has 2 aliphatic heterocycles. The molecule has 1 saturated heterocycles. The van der Waals surface area contributed by atoms with E-state index in [4.69, 9.17) is 11.6 Å². The van der Waals surface area contributed by atoms with E-state index >= 15 is 0 Å². The summed E-state index contributed by atoms with van der Waals surface area (Å²) in [5.41, 5.74) is 1.28. The van der Waals surface area contributed by atoms with Crippen LogP contribution in [-0.4, -0.2) is 29.0 Å². The van der Waals surface area contributed by atoms with E-state index in [0.717, 1.165) is 0 Å². The second-order valence-corrected chi connectivity index (χ2v) is 5.09. The van der Waals surface area contributed by atoms with Gasteiger partial charge in [0.2, 0.25) is 0 Å². The number of rotatable bonds is 1. The van der Waals surface area contributed by atoms with Gasteiger partial charge in [-0.25, -0.2) is 4.98 Å². The fraction of sp³-hybridized carbons (Fsp3) is 0.462. The topological polar surface area (TPSA) is 16.1 Å². The van der Waals surface area contributed by atoms with Gasteiger partial charge in [-0.3, -0.25) is 4.90 Å². The average molecular weight is 235 g/mol. The van der Waals surface area contributed by atoms with E-state index in [1.807, 2.05) is 12.3 Å². The van der Waals surface area contributed by atoms with E-state index in [1.165, 1.54) is 18.4 Å². The highest BCUT2D eigenvalue weighted by molar-refractivity contribution is 6.29. The lowest BCUT2D eigenvalue weighted by Gasteiger charge is -2.33. The molecule has 2 nitrogen and oxygen atoms in total. The van der Waals surface area contributed by atoms with Gasteiger partial charge >= 0.3 is 0 Å². The van der Waals surface area contributed by atoms with Gasteiger partial charge in [-0.15, -0.1) is 0 Å². The van der Waals surface area contributed by atoms with Crippen molar-refractivity contribution in [3.8, 4) is 0 Å². The van der Waals surface area contributed by atoms with Gasteiger partial charge in [0.05, 0.1) is 0 Å². The molecule has 0 spiro atoms. The highest BCUT2D eigenvalue weighted by Crippen LogP contribution is 2.38. The number of hydrogen-bond acceptors (Lipinski definition) is 2. The Hall–Kier alpha value is -0.860. The molecule has 1 aromatic rings. The van der Waals surface area contributed by atoms with E-state index in [2.05, 4.69) is 35.1 Å². The van der Waals surface area contributed by atoms with Gasteiger partial charge in [0.15, 0.2) is 0 Å². The summed E-state index contributed by atoms with van der Waals surface area (Å²) in [6, 6.07) is 5.27. The third kappa shape index (κ3) is 1.57. The fourth-order valence-electron chi connectivity index (χ4n) is 2.95. The van der Waals surface area contributed by atoms with Crippen LogP contribution in [0.3, 0.4) is 0 Å². The lowest BCUT2D eigenvalue weighted by molar-refractivity contribution is 0.241. The molecular formula is C13H15ClN2. The Morgan fingerprint density at radius 1 is 1.31 bits per heavy atom. The molecule has 3 heteroatoms. The second-order valence-electron chi connectivity index (χ2n) is 4.70. The maximum absolute atomic E-state index is 5.82. The summed E-state index contributed by atoms with van der Waals surface area (Å²) in [6.07, 6.45) is 9.15. The molecule has 84 valence electrons. The molecule has 3 atom stereocenters. The molecule has 3 heterocycles. The normalized spacial score (nSPS) is 33.2. The summed E-state index contributed by atoms with van der Waals surface area (Å²) in [4.78, 5) is 6.66. The molecule has 0 N–H and O–H groups in total. The maximum atomic E-state index is 5.82. The van der Waals surface area contributed by atoms with Crippen LogP contribution in [0.25, 0.3) is 0 Å². The summed E-state index contributed by atoms with van der Waals surface area (Å²) >= 11 is 5.82. The van der Waals surface area contributed by atoms with Gasteiger partial charge in [0.1, 0.15) is 5.15 Å². The minimum Gasteiger partial charge on any atom is -0.296 e. The van der Waals surface area contributed by atoms with Crippen LogP contribution < -0.4 is 0 Å². The number of halogens is 1. The Morgan fingerprint density at radius 2 is 2.19 bits per heavy atom. The zero-order valence-corrected chi connectivity index (χ0v) is 10.1. The van der Waals surface area contributed by atoms with E-state index in [1.54, 1.807) is 0 Å². The van der Waals surface area contributed by atoms with Crippen LogP contribution in [0.1, 0.15) is 24.3 Å². The van der Waals surface area contributed by atoms with Crippen LogP contribution >= 0.6 is 11.6 Å². The molecule has 1 aromatic heterocycles. The molecule has 2 bridgehead atoms. The number of fused-ring (bicyclic) bond motifs is 2. The van der Waals surface area contributed by atoms with Crippen molar-refractivity contribution in [2.24, 2.45) is 0 Å². The maximum Gasteiger partial charge on any atom is 0.129 e. The summed E-state index contributed by atoms with van der Waals surface area (Å²) in [5, 5.41) is 0.571. The molecule has 2 aliphatic rings. The lowest BCUT2D eigenvalue weighted by Crippen LogP contribution is -2.37. The number of aromatic nitrogens is 1. The Labute approximate surface area is 101 Å². The number of nitrogens with zero attached hydrogens (tertiary/aromatic N) is 2. The average Bonchev–Trinajstić information content (AvgIpc) is 2.52. The van der Waals surface area contributed by atoms with Crippen LogP contribution in [-0.2, 0) is 0 Å². The first-order valence-electron chi connectivity index (χ1n) is 5.77. The number of pyridine rings is 1. The SMILES string of the molecule is CN1C2C=CC(c3ccc(Cl)nc3)C1CC2. The Bertz CT molecular complexity index is 412. The highest BCUT2D eigenvalue weighted by atomic mass is 35.5. The summed E-state index contributed by atoms with van der Waals surface area (Å²) in [5.74, 6) is 0.480. The molecule has 0 saturated carbocycles. The van der Waals surface area contributed by atoms with Crippen molar-refractivity contribution >= 4 is 11.6 Å². The van der Waals surface area contributed by atoms with Crippen molar-refractivity contribution in [3.05, 3.63) is 41.2 Å². The van der Waals surface area contributed by atoms with Gasteiger partial charge in [-0.05, 0) is 31.5 Å². The molecular weight excluding hydrogens is 220 g/mol. The molecule has 0 amide bonds.